The SMILES string of the molecule is C=CCOc1ccc(C(c2ccc(OCC3CO3)cc2)C(c2ccc(OCC3CO3)cc2)c2ccc(OC[C@H]3CO3)cc2)cc1. The first-order chi connectivity index (χ1) is 22.2. The standard InChI is InChI=1S/C38H38O7/c1-2-19-39-30-11-3-26(4-12-30)37(27-5-13-31(14-6-27)40-20-34-23-43-34)38(28-7-15-32(16-8-28)41-21-35-24-44-35)29-9-17-33(18-10-29)42-22-36-25-45-36/h2-18,34-38H,1,19-25H2/t34?,35-,36?,37?,38?/m0/s1. The summed E-state index contributed by atoms with van der Waals surface area (Å²) in [6.07, 6.45) is 2.37. The maximum Gasteiger partial charge on any atom is 0.119 e. The molecule has 0 bridgehead atoms. The van der Waals surface area contributed by atoms with E-state index in [1.807, 2.05) is 12.1 Å². The van der Waals surface area contributed by atoms with Gasteiger partial charge in [0.25, 0.3) is 0 Å². The third-order valence-corrected chi connectivity index (χ3v) is 8.17. The third-order valence-electron chi connectivity index (χ3n) is 8.17. The Hall–Kier alpha value is -4.30. The molecule has 0 aliphatic carbocycles. The topological polar surface area (TPSA) is 74.5 Å². The summed E-state index contributed by atoms with van der Waals surface area (Å²) in [4.78, 5) is 0. The monoisotopic (exact) mass is 606 g/mol. The van der Waals surface area contributed by atoms with Crippen molar-refractivity contribution >= 4 is 0 Å². The van der Waals surface area contributed by atoms with Crippen molar-refractivity contribution in [3.05, 3.63) is 132 Å². The summed E-state index contributed by atoms with van der Waals surface area (Å²) >= 11 is 0. The molecule has 232 valence electrons. The average Bonchev–Trinajstić information content (AvgIpc) is 3.93. The number of benzene rings is 4. The molecule has 3 fully saturated rings. The van der Waals surface area contributed by atoms with Crippen molar-refractivity contribution in [2.24, 2.45) is 0 Å². The van der Waals surface area contributed by atoms with Crippen molar-refractivity contribution in [3.63, 3.8) is 0 Å². The molecule has 4 aromatic carbocycles. The van der Waals surface area contributed by atoms with Crippen molar-refractivity contribution in [1.29, 1.82) is 0 Å². The summed E-state index contributed by atoms with van der Waals surface area (Å²) in [5.41, 5.74) is 4.69. The second kappa shape index (κ2) is 13.8. The molecule has 7 heteroatoms. The number of rotatable bonds is 17. The lowest BCUT2D eigenvalue weighted by Gasteiger charge is -2.30. The molecule has 3 aliphatic heterocycles. The van der Waals surface area contributed by atoms with Crippen LogP contribution in [0.5, 0.6) is 23.0 Å². The highest BCUT2D eigenvalue weighted by Crippen LogP contribution is 2.44. The predicted octanol–water partition coefficient (Wildman–Crippen LogP) is 6.55. The molecule has 0 spiro atoms. The van der Waals surface area contributed by atoms with Crippen LogP contribution >= 0.6 is 0 Å². The lowest BCUT2D eigenvalue weighted by molar-refractivity contribution is 0.263. The van der Waals surface area contributed by atoms with Gasteiger partial charge in [0.05, 0.1) is 19.8 Å². The summed E-state index contributed by atoms with van der Waals surface area (Å²) in [5.74, 6) is 3.28. The van der Waals surface area contributed by atoms with Gasteiger partial charge in [0.2, 0.25) is 0 Å². The smallest absolute Gasteiger partial charge is 0.119 e. The highest BCUT2D eigenvalue weighted by Gasteiger charge is 2.30. The maximum atomic E-state index is 5.97. The summed E-state index contributed by atoms with van der Waals surface area (Å²) in [5, 5.41) is 0. The molecule has 0 N–H and O–H groups in total. The van der Waals surface area contributed by atoms with Crippen molar-refractivity contribution in [1.82, 2.24) is 0 Å². The third kappa shape index (κ3) is 8.05. The molecule has 0 radical (unpaired) electrons. The lowest BCUT2D eigenvalue weighted by atomic mass is 9.73. The molecule has 0 amide bonds. The first-order valence-corrected chi connectivity index (χ1v) is 15.6. The van der Waals surface area contributed by atoms with E-state index in [0.29, 0.717) is 26.4 Å². The zero-order valence-corrected chi connectivity index (χ0v) is 25.2. The van der Waals surface area contributed by atoms with E-state index in [-0.39, 0.29) is 30.1 Å². The normalized spacial score (nSPS) is 20.8. The van der Waals surface area contributed by atoms with E-state index >= 15 is 0 Å². The van der Waals surface area contributed by atoms with Gasteiger partial charge in [-0.2, -0.15) is 0 Å². The van der Waals surface area contributed by atoms with Crippen LogP contribution in [0.25, 0.3) is 0 Å². The van der Waals surface area contributed by atoms with Crippen LogP contribution in [0.4, 0.5) is 0 Å². The van der Waals surface area contributed by atoms with Gasteiger partial charge < -0.3 is 33.2 Å². The summed E-state index contributed by atoms with van der Waals surface area (Å²) < 4.78 is 39.7. The van der Waals surface area contributed by atoms with E-state index in [1.54, 1.807) is 6.08 Å². The van der Waals surface area contributed by atoms with E-state index < -0.39 is 0 Å². The Morgan fingerprint density at radius 1 is 0.489 bits per heavy atom. The Morgan fingerprint density at radius 3 is 1.00 bits per heavy atom. The minimum Gasteiger partial charge on any atom is -0.491 e. The zero-order valence-electron chi connectivity index (χ0n) is 25.2. The number of ether oxygens (including phenoxy) is 7. The Balaban J connectivity index is 1.24. The molecule has 45 heavy (non-hydrogen) atoms. The van der Waals surface area contributed by atoms with Gasteiger partial charge in [-0.1, -0.05) is 61.2 Å². The highest BCUT2D eigenvalue weighted by atomic mass is 16.6. The van der Waals surface area contributed by atoms with Gasteiger partial charge in [0.15, 0.2) is 0 Å². The minimum absolute atomic E-state index is 0.0155. The molecule has 4 unspecified atom stereocenters. The average molecular weight is 607 g/mol. The van der Waals surface area contributed by atoms with Crippen LogP contribution in [-0.4, -0.2) is 64.6 Å². The van der Waals surface area contributed by atoms with Crippen LogP contribution in [0.15, 0.2) is 110 Å². The molecular weight excluding hydrogens is 568 g/mol. The van der Waals surface area contributed by atoms with E-state index in [1.165, 1.54) is 22.3 Å². The highest BCUT2D eigenvalue weighted by molar-refractivity contribution is 5.48. The Morgan fingerprint density at radius 2 is 0.756 bits per heavy atom. The van der Waals surface area contributed by atoms with E-state index in [4.69, 9.17) is 33.2 Å². The number of hydrogen-bond donors (Lipinski definition) is 0. The number of hydrogen-bond acceptors (Lipinski definition) is 7. The van der Waals surface area contributed by atoms with Crippen LogP contribution in [0.3, 0.4) is 0 Å². The van der Waals surface area contributed by atoms with Gasteiger partial charge in [-0.05, 0) is 70.8 Å². The molecule has 3 aliphatic rings. The molecule has 0 saturated carbocycles. The van der Waals surface area contributed by atoms with E-state index in [9.17, 15) is 0 Å². The molecule has 3 heterocycles. The minimum atomic E-state index is -0.0162. The first kappa shape index (κ1) is 29.4. The quantitative estimate of drug-likeness (QED) is 0.0997. The fraction of sp³-hybridized carbons (Fsp3) is 0.316. The molecule has 3 saturated heterocycles. The Kier molecular flexibility index (Phi) is 9.00. The lowest BCUT2D eigenvalue weighted by Crippen LogP contribution is -2.15. The van der Waals surface area contributed by atoms with Crippen LogP contribution in [0.2, 0.25) is 0 Å². The molecule has 7 nitrogen and oxygen atoms in total. The molecule has 5 atom stereocenters. The van der Waals surface area contributed by atoms with Gasteiger partial charge in [0.1, 0.15) is 67.7 Å². The van der Waals surface area contributed by atoms with E-state index in [2.05, 4.69) is 91.5 Å². The van der Waals surface area contributed by atoms with Gasteiger partial charge in [-0.25, -0.2) is 0 Å². The fourth-order valence-corrected chi connectivity index (χ4v) is 5.46. The number of epoxide rings is 3. The van der Waals surface area contributed by atoms with Crippen molar-refractivity contribution in [2.75, 3.05) is 46.2 Å². The van der Waals surface area contributed by atoms with Gasteiger partial charge in [-0.15, -0.1) is 0 Å². The van der Waals surface area contributed by atoms with Crippen molar-refractivity contribution < 1.29 is 33.2 Å². The van der Waals surface area contributed by atoms with Crippen LogP contribution in [-0.2, 0) is 14.2 Å². The Labute approximate surface area is 264 Å². The molecule has 7 rings (SSSR count). The predicted molar refractivity (Wildman–Crippen MR) is 171 cm³/mol. The fourth-order valence-electron chi connectivity index (χ4n) is 5.46. The Bertz CT molecular complexity index is 1460. The van der Waals surface area contributed by atoms with Crippen LogP contribution in [0.1, 0.15) is 34.1 Å². The summed E-state index contributed by atoms with van der Waals surface area (Å²) in [6.45, 7) is 8.25. The molecule has 4 aromatic rings. The summed E-state index contributed by atoms with van der Waals surface area (Å²) in [7, 11) is 0. The van der Waals surface area contributed by atoms with Gasteiger partial charge in [0, 0.05) is 11.8 Å². The zero-order chi connectivity index (χ0) is 30.4. The molecule has 0 aromatic heterocycles. The van der Waals surface area contributed by atoms with Crippen molar-refractivity contribution in [2.45, 2.75) is 30.1 Å². The molecular formula is C38H38O7. The van der Waals surface area contributed by atoms with E-state index in [0.717, 1.165) is 42.8 Å². The van der Waals surface area contributed by atoms with Gasteiger partial charge >= 0.3 is 0 Å². The van der Waals surface area contributed by atoms with Crippen molar-refractivity contribution in [3.8, 4) is 23.0 Å². The summed E-state index contributed by atoms with van der Waals surface area (Å²) in [6, 6.07) is 33.7. The first-order valence-electron chi connectivity index (χ1n) is 15.6. The van der Waals surface area contributed by atoms with Gasteiger partial charge in [-0.3, -0.25) is 0 Å². The second-order valence-electron chi connectivity index (χ2n) is 11.6. The van der Waals surface area contributed by atoms with Crippen LogP contribution in [0, 0.1) is 0 Å². The maximum absolute atomic E-state index is 5.97. The second-order valence-corrected chi connectivity index (χ2v) is 11.6. The largest absolute Gasteiger partial charge is 0.491 e. The van der Waals surface area contributed by atoms with Crippen LogP contribution < -0.4 is 18.9 Å².